The molecular weight excluding hydrogens is 182 g/mol. The number of hydrogen-bond donors (Lipinski definition) is 3. The minimum Gasteiger partial charge on any atom is -0.388 e. The maximum atomic E-state index is 9.79. The molecule has 0 aromatic heterocycles. The van der Waals surface area contributed by atoms with Gasteiger partial charge in [-0.2, -0.15) is 0 Å². The van der Waals surface area contributed by atoms with E-state index in [1.165, 1.54) is 0 Å². The molecule has 0 rings (SSSR count). The van der Waals surface area contributed by atoms with Crippen molar-refractivity contribution >= 4 is 5.96 Å². The zero-order chi connectivity index (χ0) is 11.0. The monoisotopic (exact) mass is 203 g/mol. The largest absolute Gasteiger partial charge is 0.388 e. The first-order valence-corrected chi connectivity index (χ1v) is 4.77. The van der Waals surface area contributed by atoms with Gasteiger partial charge in [0.1, 0.15) is 0 Å². The Balaban J connectivity index is 3.89. The fourth-order valence-electron chi connectivity index (χ4n) is 0.894. The van der Waals surface area contributed by atoms with Crippen molar-refractivity contribution < 1.29 is 9.84 Å². The van der Waals surface area contributed by atoms with Crippen molar-refractivity contribution in [3.63, 3.8) is 0 Å². The zero-order valence-corrected chi connectivity index (χ0v) is 9.21. The van der Waals surface area contributed by atoms with Crippen LogP contribution in [0.25, 0.3) is 0 Å². The Morgan fingerprint density at radius 3 is 2.79 bits per heavy atom. The predicted molar refractivity (Wildman–Crippen MR) is 57.3 cm³/mol. The summed E-state index contributed by atoms with van der Waals surface area (Å²) in [6, 6.07) is 0. The molecule has 0 bridgehead atoms. The lowest BCUT2D eigenvalue weighted by molar-refractivity contribution is 0.0326. The third kappa shape index (κ3) is 6.68. The first kappa shape index (κ1) is 13.2. The van der Waals surface area contributed by atoms with Crippen LogP contribution in [0.3, 0.4) is 0 Å². The number of methoxy groups -OCH3 is 1. The molecule has 0 fully saturated rings. The van der Waals surface area contributed by atoms with Gasteiger partial charge in [-0.15, -0.1) is 0 Å². The molecule has 0 aliphatic carbocycles. The Morgan fingerprint density at radius 2 is 2.29 bits per heavy atom. The van der Waals surface area contributed by atoms with Gasteiger partial charge in [0, 0.05) is 26.7 Å². The van der Waals surface area contributed by atoms with Gasteiger partial charge in [-0.25, -0.2) is 0 Å². The van der Waals surface area contributed by atoms with Gasteiger partial charge in [0.25, 0.3) is 0 Å². The Kier molecular flexibility index (Phi) is 6.23. The molecule has 0 saturated carbocycles. The average molecular weight is 203 g/mol. The summed E-state index contributed by atoms with van der Waals surface area (Å²) >= 11 is 0. The molecular formula is C9H21N3O2. The molecule has 84 valence electrons. The van der Waals surface area contributed by atoms with Crippen LogP contribution >= 0.6 is 0 Å². The molecule has 5 nitrogen and oxygen atoms in total. The van der Waals surface area contributed by atoms with Gasteiger partial charge in [0.2, 0.25) is 0 Å². The molecule has 0 saturated heterocycles. The van der Waals surface area contributed by atoms with Crippen molar-refractivity contribution in [2.45, 2.75) is 25.9 Å². The minimum absolute atomic E-state index is 0.287. The van der Waals surface area contributed by atoms with Crippen LogP contribution in [0.1, 0.15) is 20.3 Å². The molecule has 0 aliphatic heterocycles. The maximum Gasteiger partial charge on any atom is 0.188 e. The first-order valence-electron chi connectivity index (χ1n) is 4.77. The van der Waals surface area contributed by atoms with Crippen molar-refractivity contribution in [2.75, 3.05) is 26.8 Å². The number of aliphatic imine (C=N–C) groups is 1. The summed E-state index contributed by atoms with van der Waals surface area (Å²) in [4.78, 5) is 4.02. The number of guanidine groups is 1. The Bertz CT molecular complexity index is 181. The van der Waals surface area contributed by atoms with E-state index < -0.39 is 5.60 Å². The topological polar surface area (TPSA) is 79.9 Å². The summed E-state index contributed by atoms with van der Waals surface area (Å²) in [5.74, 6) is 0.366. The number of rotatable bonds is 6. The highest BCUT2D eigenvalue weighted by Gasteiger charge is 2.19. The fraction of sp³-hybridized carbons (Fsp3) is 0.889. The highest BCUT2D eigenvalue weighted by atomic mass is 16.5. The summed E-state index contributed by atoms with van der Waals surface area (Å²) in [6.07, 6.45) is 0.548. The second-order valence-corrected chi connectivity index (χ2v) is 3.47. The van der Waals surface area contributed by atoms with E-state index in [9.17, 15) is 5.11 Å². The van der Waals surface area contributed by atoms with Crippen LogP contribution in [-0.2, 0) is 4.74 Å². The van der Waals surface area contributed by atoms with Crippen LogP contribution in [0.15, 0.2) is 4.99 Å². The normalized spacial score (nSPS) is 16.4. The predicted octanol–water partition coefficient (Wildman–Crippen LogP) is -0.302. The summed E-state index contributed by atoms with van der Waals surface area (Å²) in [5, 5.41) is 12.7. The van der Waals surface area contributed by atoms with Crippen molar-refractivity contribution in [1.29, 1.82) is 0 Å². The van der Waals surface area contributed by atoms with Gasteiger partial charge >= 0.3 is 0 Å². The number of hydrogen-bond acceptors (Lipinski definition) is 3. The van der Waals surface area contributed by atoms with E-state index in [-0.39, 0.29) is 6.54 Å². The highest BCUT2D eigenvalue weighted by molar-refractivity contribution is 5.77. The van der Waals surface area contributed by atoms with Gasteiger partial charge in [0.05, 0.1) is 12.1 Å². The summed E-state index contributed by atoms with van der Waals surface area (Å²) in [6.45, 7) is 5.19. The standard InChI is InChI=1S/C9H21N3O2/c1-4-11-8(10)12-7-9(2,13)5-6-14-3/h13H,4-7H2,1-3H3,(H3,10,11,12). The molecule has 0 spiro atoms. The lowest BCUT2D eigenvalue weighted by Gasteiger charge is -2.20. The van der Waals surface area contributed by atoms with E-state index in [1.807, 2.05) is 6.92 Å². The van der Waals surface area contributed by atoms with Crippen molar-refractivity contribution in [2.24, 2.45) is 10.7 Å². The van der Waals surface area contributed by atoms with Gasteiger partial charge in [-0.05, 0) is 13.8 Å². The molecule has 14 heavy (non-hydrogen) atoms. The Hall–Kier alpha value is -0.810. The smallest absolute Gasteiger partial charge is 0.188 e. The van der Waals surface area contributed by atoms with E-state index in [2.05, 4.69) is 10.3 Å². The summed E-state index contributed by atoms with van der Waals surface area (Å²) in [5.41, 5.74) is 4.67. The van der Waals surface area contributed by atoms with Gasteiger partial charge in [-0.1, -0.05) is 0 Å². The number of nitrogens with one attached hydrogen (secondary N) is 1. The number of aliphatic hydroxyl groups is 1. The third-order valence-electron chi connectivity index (χ3n) is 1.79. The van der Waals surface area contributed by atoms with E-state index in [0.717, 1.165) is 6.54 Å². The van der Waals surface area contributed by atoms with Crippen LogP contribution in [0, 0.1) is 0 Å². The molecule has 0 aromatic rings. The molecule has 0 aromatic carbocycles. The minimum atomic E-state index is -0.851. The molecule has 4 N–H and O–H groups in total. The molecule has 0 radical (unpaired) electrons. The van der Waals surface area contributed by atoms with E-state index >= 15 is 0 Å². The average Bonchev–Trinajstić information content (AvgIpc) is 2.13. The third-order valence-corrected chi connectivity index (χ3v) is 1.79. The molecule has 0 aliphatic rings. The van der Waals surface area contributed by atoms with Crippen LogP contribution in [0.5, 0.6) is 0 Å². The van der Waals surface area contributed by atoms with Crippen LogP contribution in [0.2, 0.25) is 0 Å². The Labute approximate surface area is 85.4 Å². The zero-order valence-electron chi connectivity index (χ0n) is 9.21. The van der Waals surface area contributed by atoms with Crippen LogP contribution < -0.4 is 11.1 Å². The summed E-state index contributed by atoms with van der Waals surface area (Å²) < 4.78 is 4.88. The van der Waals surface area contributed by atoms with Crippen LogP contribution in [-0.4, -0.2) is 43.5 Å². The maximum absolute atomic E-state index is 9.79. The van der Waals surface area contributed by atoms with E-state index in [1.54, 1.807) is 14.0 Å². The van der Waals surface area contributed by atoms with Gasteiger partial charge in [-0.3, -0.25) is 4.99 Å². The lowest BCUT2D eigenvalue weighted by Crippen LogP contribution is -2.35. The molecule has 1 atom stereocenters. The molecule has 0 amide bonds. The van der Waals surface area contributed by atoms with E-state index in [0.29, 0.717) is 19.0 Å². The van der Waals surface area contributed by atoms with Gasteiger partial charge < -0.3 is 20.9 Å². The second-order valence-electron chi connectivity index (χ2n) is 3.47. The quantitative estimate of drug-likeness (QED) is 0.409. The Morgan fingerprint density at radius 1 is 1.64 bits per heavy atom. The fourth-order valence-corrected chi connectivity index (χ4v) is 0.894. The molecule has 0 heterocycles. The lowest BCUT2D eigenvalue weighted by atomic mass is 10.0. The number of nitrogens with zero attached hydrogens (tertiary/aromatic N) is 1. The van der Waals surface area contributed by atoms with E-state index in [4.69, 9.17) is 10.5 Å². The number of nitrogens with two attached hydrogens (primary N) is 1. The van der Waals surface area contributed by atoms with Crippen molar-refractivity contribution in [3.05, 3.63) is 0 Å². The van der Waals surface area contributed by atoms with Crippen LogP contribution in [0.4, 0.5) is 0 Å². The second kappa shape index (κ2) is 6.62. The van der Waals surface area contributed by atoms with Crippen molar-refractivity contribution in [1.82, 2.24) is 5.32 Å². The first-order chi connectivity index (χ1) is 6.52. The highest BCUT2D eigenvalue weighted by Crippen LogP contribution is 2.09. The number of ether oxygens (including phenoxy) is 1. The molecule has 1 unspecified atom stereocenters. The van der Waals surface area contributed by atoms with Crippen molar-refractivity contribution in [3.8, 4) is 0 Å². The molecule has 5 heteroatoms. The van der Waals surface area contributed by atoms with Gasteiger partial charge in [0.15, 0.2) is 5.96 Å². The SMILES string of the molecule is CCNC(N)=NCC(C)(O)CCOC. The summed E-state index contributed by atoms with van der Waals surface area (Å²) in [7, 11) is 1.60.